The summed E-state index contributed by atoms with van der Waals surface area (Å²) in [6.07, 6.45) is 1.98. The van der Waals surface area contributed by atoms with Crippen molar-refractivity contribution in [2.75, 3.05) is 6.61 Å². The lowest BCUT2D eigenvalue weighted by Gasteiger charge is -2.35. The summed E-state index contributed by atoms with van der Waals surface area (Å²) in [5.41, 5.74) is -1.17. The Morgan fingerprint density at radius 1 is 1.50 bits per heavy atom. The summed E-state index contributed by atoms with van der Waals surface area (Å²) in [7, 11) is 0. The van der Waals surface area contributed by atoms with E-state index in [0.29, 0.717) is 12.0 Å². The second kappa shape index (κ2) is 5.30. The molecule has 0 saturated carbocycles. The Balaban J connectivity index is 2.58. The molecule has 0 aliphatic carbocycles. The first-order valence-electron chi connectivity index (χ1n) is 6.32. The third-order valence-corrected chi connectivity index (χ3v) is 3.91. The second-order valence-corrected chi connectivity index (χ2v) is 6.49. The van der Waals surface area contributed by atoms with Gasteiger partial charge in [-0.1, -0.05) is 22.0 Å². The maximum Gasteiger partial charge on any atom is 0.246 e. The maximum absolute atomic E-state index is 14.2. The molecule has 1 fully saturated rings. The third-order valence-electron chi connectivity index (χ3n) is 3.42. The van der Waals surface area contributed by atoms with Gasteiger partial charge in [0.25, 0.3) is 0 Å². The smallest absolute Gasteiger partial charge is 0.246 e. The standard InChI is InChI=1S/C15H17BrFNO2/c1-4-15(11-7-10(16)5-6-12(11)17)9-14(2,3)20-8-13(19)18-15/h4-7H,1,8-9H2,2-3H3,(H,18,19). The lowest BCUT2D eigenvalue weighted by molar-refractivity contribution is -0.128. The monoisotopic (exact) mass is 341 g/mol. The first-order valence-corrected chi connectivity index (χ1v) is 7.11. The Bertz CT molecular complexity index is 559. The highest BCUT2D eigenvalue weighted by molar-refractivity contribution is 9.10. The van der Waals surface area contributed by atoms with Crippen LogP contribution >= 0.6 is 15.9 Å². The minimum atomic E-state index is -0.981. The first-order chi connectivity index (χ1) is 9.28. The van der Waals surface area contributed by atoms with Gasteiger partial charge in [-0.15, -0.1) is 6.58 Å². The molecule has 3 nitrogen and oxygen atoms in total. The normalized spacial score (nSPS) is 25.7. The van der Waals surface area contributed by atoms with E-state index >= 15 is 0 Å². The fourth-order valence-corrected chi connectivity index (χ4v) is 2.91. The molecule has 2 rings (SSSR count). The summed E-state index contributed by atoms with van der Waals surface area (Å²) in [6.45, 7) is 7.50. The number of nitrogens with one attached hydrogen (secondary N) is 1. The van der Waals surface area contributed by atoms with Crippen molar-refractivity contribution in [3.05, 3.63) is 46.7 Å². The summed E-state index contributed by atoms with van der Waals surface area (Å²) in [5.74, 6) is -0.666. The number of rotatable bonds is 2. The quantitative estimate of drug-likeness (QED) is 0.838. The molecule has 0 aromatic heterocycles. The zero-order valence-corrected chi connectivity index (χ0v) is 13.1. The molecular weight excluding hydrogens is 325 g/mol. The molecule has 1 unspecified atom stereocenters. The van der Waals surface area contributed by atoms with Crippen LogP contribution in [-0.4, -0.2) is 18.1 Å². The molecule has 1 amide bonds. The fraction of sp³-hybridized carbons (Fsp3) is 0.400. The van der Waals surface area contributed by atoms with Gasteiger partial charge in [0.05, 0.1) is 11.1 Å². The summed E-state index contributed by atoms with van der Waals surface area (Å²) in [5, 5.41) is 2.84. The van der Waals surface area contributed by atoms with Crippen LogP contribution in [0, 0.1) is 5.82 Å². The van der Waals surface area contributed by atoms with Crippen molar-refractivity contribution >= 4 is 21.8 Å². The number of carbonyl (C=O) groups excluding carboxylic acids is 1. The largest absolute Gasteiger partial charge is 0.366 e. The van der Waals surface area contributed by atoms with Crippen LogP contribution in [0.2, 0.25) is 0 Å². The number of halogens is 2. The molecule has 1 saturated heterocycles. The van der Waals surface area contributed by atoms with Gasteiger partial charge in [-0.3, -0.25) is 4.79 Å². The van der Waals surface area contributed by atoms with Crippen LogP contribution in [0.25, 0.3) is 0 Å². The number of carbonyl (C=O) groups is 1. The third kappa shape index (κ3) is 2.94. The maximum atomic E-state index is 14.2. The predicted octanol–water partition coefficient (Wildman–Crippen LogP) is 3.28. The van der Waals surface area contributed by atoms with Crippen molar-refractivity contribution in [2.45, 2.75) is 31.4 Å². The van der Waals surface area contributed by atoms with Gasteiger partial charge in [0.15, 0.2) is 0 Å². The highest BCUT2D eigenvalue weighted by Gasteiger charge is 2.42. The number of amides is 1. The molecule has 1 aromatic rings. The average molecular weight is 342 g/mol. The molecule has 1 aliphatic rings. The van der Waals surface area contributed by atoms with Gasteiger partial charge in [-0.05, 0) is 32.0 Å². The van der Waals surface area contributed by atoms with Crippen molar-refractivity contribution in [3.8, 4) is 0 Å². The molecule has 0 radical (unpaired) electrons. The Labute approximate surface area is 126 Å². The molecule has 20 heavy (non-hydrogen) atoms. The van der Waals surface area contributed by atoms with Crippen LogP contribution in [0.4, 0.5) is 4.39 Å². The molecule has 108 valence electrons. The summed E-state index contributed by atoms with van der Waals surface area (Å²) < 4.78 is 20.5. The van der Waals surface area contributed by atoms with Crippen molar-refractivity contribution in [1.82, 2.24) is 5.32 Å². The van der Waals surface area contributed by atoms with Crippen LogP contribution in [0.1, 0.15) is 25.8 Å². The van der Waals surface area contributed by atoms with E-state index in [1.54, 1.807) is 18.2 Å². The fourth-order valence-electron chi connectivity index (χ4n) is 2.55. The lowest BCUT2D eigenvalue weighted by Crippen LogP contribution is -2.46. The number of hydrogen-bond acceptors (Lipinski definition) is 2. The van der Waals surface area contributed by atoms with E-state index < -0.39 is 11.1 Å². The zero-order chi connectivity index (χ0) is 15.0. The summed E-state index contributed by atoms with van der Waals surface area (Å²) >= 11 is 3.33. The zero-order valence-electron chi connectivity index (χ0n) is 11.5. The molecule has 1 aliphatic heterocycles. The highest BCUT2D eigenvalue weighted by Crippen LogP contribution is 2.37. The van der Waals surface area contributed by atoms with E-state index in [4.69, 9.17) is 4.74 Å². The number of ether oxygens (including phenoxy) is 1. The molecule has 0 spiro atoms. The molecule has 1 N–H and O–H groups in total. The van der Waals surface area contributed by atoms with E-state index in [-0.39, 0.29) is 18.3 Å². The number of benzene rings is 1. The second-order valence-electron chi connectivity index (χ2n) is 5.57. The van der Waals surface area contributed by atoms with Gasteiger partial charge >= 0.3 is 0 Å². The molecule has 1 atom stereocenters. The molecule has 5 heteroatoms. The van der Waals surface area contributed by atoms with Gasteiger partial charge in [0.1, 0.15) is 12.4 Å². The minimum Gasteiger partial charge on any atom is -0.366 e. The van der Waals surface area contributed by atoms with E-state index in [1.807, 2.05) is 13.8 Å². The predicted molar refractivity (Wildman–Crippen MR) is 78.8 cm³/mol. The van der Waals surface area contributed by atoms with Gasteiger partial charge < -0.3 is 10.1 Å². The van der Waals surface area contributed by atoms with Crippen LogP contribution in [-0.2, 0) is 15.1 Å². The Hall–Kier alpha value is -1.20. The highest BCUT2D eigenvalue weighted by atomic mass is 79.9. The number of hydrogen-bond donors (Lipinski definition) is 1. The van der Waals surface area contributed by atoms with Crippen molar-refractivity contribution in [2.24, 2.45) is 0 Å². The van der Waals surface area contributed by atoms with Gasteiger partial charge in [0.2, 0.25) is 5.91 Å². The first kappa shape index (κ1) is 15.2. The minimum absolute atomic E-state index is 0.0434. The summed E-state index contributed by atoms with van der Waals surface area (Å²) in [6, 6.07) is 4.66. The van der Waals surface area contributed by atoms with Gasteiger partial charge in [0, 0.05) is 16.5 Å². The van der Waals surface area contributed by atoms with Crippen molar-refractivity contribution in [3.63, 3.8) is 0 Å². The van der Waals surface area contributed by atoms with Crippen molar-refractivity contribution in [1.29, 1.82) is 0 Å². The lowest BCUT2D eigenvalue weighted by atomic mass is 9.80. The Morgan fingerprint density at radius 2 is 2.20 bits per heavy atom. The van der Waals surface area contributed by atoms with Crippen LogP contribution < -0.4 is 5.32 Å². The Morgan fingerprint density at radius 3 is 2.85 bits per heavy atom. The molecule has 1 heterocycles. The summed E-state index contributed by atoms with van der Waals surface area (Å²) in [4.78, 5) is 11.9. The van der Waals surface area contributed by atoms with Gasteiger partial charge in [-0.2, -0.15) is 0 Å². The van der Waals surface area contributed by atoms with Crippen LogP contribution in [0.5, 0.6) is 0 Å². The molecular formula is C15H17BrFNO2. The van der Waals surface area contributed by atoms with Gasteiger partial charge in [-0.25, -0.2) is 4.39 Å². The van der Waals surface area contributed by atoms with E-state index in [9.17, 15) is 9.18 Å². The van der Waals surface area contributed by atoms with E-state index in [0.717, 1.165) is 4.47 Å². The average Bonchev–Trinajstić information content (AvgIpc) is 2.49. The molecule has 1 aromatic carbocycles. The van der Waals surface area contributed by atoms with Crippen molar-refractivity contribution < 1.29 is 13.9 Å². The van der Waals surface area contributed by atoms with Crippen LogP contribution in [0.3, 0.4) is 0 Å². The van der Waals surface area contributed by atoms with Crippen LogP contribution in [0.15, 0.2) is 35.3 Å². The Kier molecular flexibility index (Phi) is 4.02. The SMILES string of the molecule is C=CC1(c2cc(Br)ccc2F)CC(C)(C)OCC(=O)N1. The molecule has 0 bridgehead atoms. The van der Waals surface area contributed by atoms with E-state index in [2.05, 4.69) is 27.8 Å². The topological polar surface area (TPSA) is 38.3 Å². The van der Waals surface area contributed by atoms with E-state index in [1.165, 1.54) is 6.07 Å².